The van der Waals surface area contributed by atoms with Crippen LogP contribution >= 0.6 is 0 Å². The van der Waals surface area contributed by atoms with Crippen LogP contribution in [0.15, 0.2) is 18.2 Å². The van der Waals surface area contributed by atoms with E-state index in [-0.39, 0.29) is 29.6 Å². The molecule has 0 bridgehead atoms. The van der Waals surface area contributed by atoms with Gasteiger partial charge in [-0.1, -0.05) is 6.07 Å². The van der Waals surface area contributed by atoms with E-state index in [1.54, 1.807) is 19.2 Å². The number of carboxylic acid groups (broad SMARTS) is 1. The Labute approximate surface area is 111 Å². The maximum Gasteiger partial charge on any atom is 0.339 e. The number of carboxylic acids is 1. The Hall–Kier alpha value is -2.24. The molecule has 1 aromatic rings. The van der Waals surface area contributed by atoms with Crippen molar-refractivity contribution in [3.63, 3.8) is 0 Å². The number of rotatable bonds is 6. The van der Waals surface area contributed by atoms with E-state index in [0.29, 0.717) is 6.54 Å². The molecule has 0 aliphatic heterocycles. The van der Waals surface area contributed by atoms with Crippen molar-refractivity contribution in [2.45, 2.75) is 6.92 Å². The Morgan fingerprint density at radius 3 is 2.58 bits per heavy atom. The Kier molecular flexibility index (Phi) is 5.17. The highest BCUT2D eigenvalue weighted by atomic mass is 16.5. The molecule has 19 heavy (non-hydrogen) atoms. The standard InChI is InChI=1S/C13H17NO5/c1-4-14(2)11(15)8-19-12-9(13(16)17)6-5-7-10(12)18-3/h5-7H,4,8H2,1-3H3,(H,16,17). The van der Waals surface area contributed by atoms with Gasteiger partial charge in [-0.2, -0.15) is 0 Å². The van der Waals surface area contributed by atoms with Crippen LogP contribution in [0.25, 0.3) is 0 Å². The van der Waals surface area contributed by atoms with E-state index in [9.17, 15) is 9.59 Å². The van der Waals surface area contributed by atoms with Crippen LogP contribution in [0.1, 0.15) is 17.3 Å². The molecule has 0 heterocycles. The van der Waals surface area contributed by atoms with Gasteiger partial charge in [-0.05, 0) is 19.1 Å². The number of carbonyl (C=O) groups excluding carboxylic acids is 1. The van der Waals surface area contributed by atoms with Crippen LogP contribution in [-0.4, -0.2) is 49.2 Å². The molecule has 0 aliphatic carbocycles. The smallest absolute Gasteiger partial charge is 0.339 e. The van der Waals surface area contributed by atoms with Gasteiger partial charge in [-0.25, -0.2) is 4.79 Å². The highest BCUT2D eigenvalue weighted by Gasteiger charge is 2.18. The van der Waals surface area contributed by atoms with Gasteiger partial charge in [0.1, 0.15) is 5.56 Å². The first-order valence-corrected chi connectivity index (χ1v) is 5.78. The molecule has 0 spiro atoms. The molecule has 0 fully saturated rings. The number of methoxy groups -OCH3 is 1. The van der Waals surface area contributed by atoms with Crippen LogP contribution < -0.4 is 9.47 Å². The molecule has 1 aromatic carbocycles. The normalized spacial score (nSPS) is 9.84. The quantitative estimate of drug-likeness (QED) is 0.839. The minimum absolute atomic E-state index is 0.0358. The molecule has 0 unspecified atom stereocenters. The van der Waals surface area contributed by atoms with Gasteiger partial charge >= 0.3 is 5.97 Å². The van der Waals surface area contributed by atoms with Crippen molar-refractivity contribution >= 4 is 11.9 Å². The molecular weight excluding hydrogens is 250 g/mol. The van der Waals surface area contributed by atoms with Crippen LogP contribution in [0.3, 0.4) is 0 Å². The number of ether oxygens (including phenoxy) is 2. The number of amides is 1. The fourth-order valence-corrected chi connectivity index (χ4v) is 1.41. The fraction of sp³-hybridized carbons (Fsp3) is 0.385. The van der Waals surface area contributed by atoms with Crippen molar-refractivity contribution in [3.05, 3.63) is 23.8 Å². The molecule has 1 rings (SSSR count). The third kappa shape index (κ3) is 3.61. The largest absolute Gasteiger partial charge is 0.493 e. The van der Waals surface area contributed by atoms with Crippen LogP contribution in [0.2, 0.25) is 0 Å². The van der Waals surface area contributed by atoms with E-state index in [1.807, 2.05) is 6.92 Å². The van der Waals surface area contributed by atoms with E-state index in [4.69, 9.17) is 14.6 Å². The number of nitrogens with zero attached hydrogens (tertiary/aromatic N) is 1. The van der Waals surface area contributed by atoms with Gasteiger partial charge in [0.2, 0.25) is 0 Å². The van der Waals surface area contributed by atoms with Crippen molar-refractivity contribution < 1.29 is 24.2 Å². The van der Waals surface area contributed by atoms with Crippen LogP contribution in [-0.2, 0) is 4.79 Å². The van der Waals surface area contributed by atoms with Crippen molar-refractivity contribution in [3.8, 4) is 11.5 Å². The molecule has 104 valence electrons. The van der Waals surface area contributed by atoms with Gasteiger partial charge < -0.3 is 19.5 Å². The third-order valence-electron chi connectivity index (χ3n) is 2.67. The molecule has 0 saturated carbocycles. The lowest BCUT2D eigenvalue weighted by atomic mass is 10.2. The Bertz CT molecular complexity index is 472. The highest BCUT2D eigenvalue weighted by molar-refractivity contribution is 5.92. The number of benzene rings is 1. The van der Waals surface area contributed by atoms with Crippen LogP contribution in [0.5, 0.6) is 11.5 Å². The molecule has 1 amide bonds. The second-order valence-electron chi connectivity index (χ2n) is 3.84. The summed E-state index contributed by atoms with van der Waals surface area (Å²) in [6.07, 6.45) is 0. The lowest BCUT2D eigenvalue weighted by Gasteiger charge is -2.17. The topological polar surface area (TPSA) is 76.1 Å². The number of carbonyl (C=O) groups is 2. The summed E-state index contributed by atoms with van der Waals surface area (Å²) in [7, 11) is 3.06. The van der Waals surface area contributed by atoms with E-state index >= 15 is 0 Å². The molecule has 0 atom stereocenters. The molecule has 0 aromatic heterocycles. The summed E-state index contributed by atoms with van der Waals surface area (Å²) < 4.78 is 10.4. The van der Waals surface area contributed by atoms with Gasteiger partial charge in [0.25, 0.3) is 5.91 Å². The average molecular weight is 267 g/mol. The van der Waals surface area contributed by atoms with Gasteiger partial charge in [-0.3, -0.25) is 4.79 Å². The monoisotopic (exact) mass is 267 g/mol. The predicted molar refractivity (Wildman–Crippen MR) is 68.8 cm³/mol. The van der Waals surface area contributed by atoms with Gasteiger partial charge in [0.05, 0.1) is 7.11 Å². The number of para-hydroxylation sites is 1. The Balaban J connectivity index is 2.93. The Morgan fingerprint density at radius 1 is 1.37 bits per heavy atom. The summed E-state index contributed by atoms with van der Waals surface area (Å²) >= 11 is 0. The Morgan fingerprint density at radius 2 is 2.05 bits per heavy atom. The maximum atomic E-state index is 11.6. The zero-order valence-electron chi connectivity index (χ0n) is 11.2. The predicted octanol–water partition coefficient (Wildman–Crippen LogP) is 1.25. The first kappa shape index (κ1) is 14.8. The summed E-state index contributed by atoms with van der Waals surface area (Å²) in [4.78, 5) is 24.2. The lowest BCUT2D eigenvalue weighted by Crippen LogP contribution is -2.31. The summed E-state index contributed by atoms with van der Waals surface area (Å²) in [5.41, 5.74) is -0.0358. The minimum Gasteiger partial charge on any atom is -0.493 e. The molecule has 1 N–H and O–H groups in total. The number of hydrogen-bond donors (Lipinski definition) is 1. The van der Waals surface area contributed by atoms with E-state index < -0.39 is 5.97 Å². The molecule has 6 heteroatoms. The molecular formula is C13H17NO5. The van der Waals surface area contributed by atoms with E-state index in [1.165, 1.54) is 18.1 Å². The SMILES string of the molecule is CCN(C)C(=O)COc1c(OC)cccc1C(=O)O. The first-order chi connectivity index (χ1) is 9.01. The van der Waals surface area contributed by atoms with Crippen molar-refractivity contribution in [2.24, 2.45) is 0 Å². The summed E-state index contributed by atoms with van der Waals surface area (Å²) in [6.45, 7) is 2.16. The summed E-state index contributed by atoms with van der Waals surface area (Å²) in [5.74, 6) is -1.02. The zero-order valence-corrected chi connectivity index (χ0v) is 11.2. The van der Waals surface area contributed by atoms with E-state index in [2.05, 4.69) is 0 Å². The van der Waals surface area contributed by atoms with Crippen molar-refractivity contribution in [1.29, 1.82) is 0 Å². The minimum atomic E-state index is -1.13. The first-order valence-electron chi connectivity index (χ1n) is 5.78. The molecule has 0 aliphatic rings. The third-order valence-corrected chi connectivity index (χ3v) is 2.67. The second-order valence-corrected chi connectivity index (χ2v) is 3.84. The zero-order chi connectivity index (χ0) is 14.4. The van der Waals surface area contributed by atoms with Gasteiger partial charge in [-0.15, -0.1) is 0 Å². The number of likely N-dealkylation sites (N-methyl/N-ethyl adjacent to an activating group) is 1. The molecule has 0 radical (unpaired) electrons. The van der Waals surface area contributed by atoms with Gasteiger partial charge in [0.15, 0.2) is 18.1 Å². The second kappa shape index (κ2) is 6.63. The highest BCUT2D eigenvalue weighted by Crippen LogP contribution is 2.31. The molecule has 6 nitrogen and oxygen atoms in total. The number of hydrogen-bond acceptors (Lipinski definition) is 4. The van der Waals surface area contributed by atoms with Crippen molar-refractivity contribution in [2.75, 3.05) is 27.3 Å². The number of aromatic carboxylic acids is 1. The summed E-state index contributed by atoms with van der Waals surface area (Å²) in [5, 5.41) is 9.08. The lowest BCUT2D eigenvalue weighted by molar-refractivity contribution is -0.131. The van der Waals surface area contributed by atoms with Crippen molar-refractivity contribution in [1.82, 2.24) is 4.90 Å². The fourth-order valence-electron chi connectivity index (χ4n) is 1.41. The van der Waals surface area contributed by atoms with Crippen LogP contribution in [0, 0.1) is 0 Å². The van der Waals surface area contributed by atoms with Gasteiger partial charge in [0, 0.05) is 13.6 Å². The molecule has 0 saturated heterocycles. The van der Waals surface area contributed by atoms with Crippen LogP contribution in [0.4, 0.5) is 0 Å². The average Bonchev–Trinajstić information content (AvgIpc) is 2.42. The van der Waals surface area contributed by atoms with E-state index in [0.717, 1.165) is 0 Å². The maximum absolute atomic E-state index is 11.6. The summed E-state index contributed by atoms with van der Waals surface area (Å²) in [6, 6.07) is 4.53.